The van der Waals surface area contributed by atoms with Gasteiger partial charge in [-0.3, -0.25) is 4.79 Å². The van der Waals surface area contributed by atoms with Gasteiger partial charge in [-0.05, 0) is 24.5 Å². The number of aromatic carboxylic acids is 1. The lowest BCUT2D eigenvalue weighted by Crippen LogP contribution is -2.24. The number of carbonyl (C=O) groups excluding carboxylic acids is 1. The highest BCUT2D eigenvalue weighted by molar-refractivity contribution is 5.89. The summed E-state index contributed by atoms with van der Waals surface area (Å²) >= 11 is 0. The lowest BCUT2D eigenvalue weighted by Gasteiger charge is -2.09. The molecule has 25 heavy (non-hydrogen) atoms. The predicted molar refractivity (Wildman–Crippen MR) is 92.7 cm³/mol. The molecule has 1 aromatic heterocycles. The number of carboxylic acid groups (broad SMARTS) is 1. The number of carboxylic acids is 1. The maximum Gasteiger partial charge on any atom is 0.335 e. The molecule has 0 aliphatic heterocycles. The van der Waals surface area contributed by atoms with Gasteiger partial charge in [0.1, 0.15) is 0 Å². The van der Waals surface area contributed by atoms with Gasteiger partial charge in [-0.2, -0.15) is 5.10 Å². The van der Waals surface area contributed by atoms with Gasteiger partial charge in [-0.15, -0.1) is 0 Å². The number of carbonyl (C=O) groups is 2. The molecule has 134 valence electrons. The highest BCUT2D eigenvalue weighted by atomic mass is 16.5. The number of rotatable bonds is 8. The quantitative estimate of drug-likeness (QED) is 0.762. The fourth-order valence-corrected chi connectivity index (χ4v) is 2.79. The Morgan fingerprint density at radius 3 is 2.68 bits per heavy atom. The molecular formula is C18H23N3O4. The summed E-state index contributed by atoms with van der Waals surface area (Å²) in [5.74, 6) is -0.495. The van der Waals surface area contributed by atoms with E-state index in [2.05, 4.69) is 10.4 Å². The van der Waals surface area contributed by atoms with Crippen LogP contribution in [0.25, 0.3) is 0 Å². The second kappa shape index (κ2) is 8.32. The lowest BCUT2D eigenvalue weighted by atomic mass is 10.0. The first-order valence-electron chi connectivity index (χ1n) is 8.14. The number of amides is 1. The Balaban J connectivity index is 1.97. The smallest absolute Gasteiger partial charge is 0.335 e. The summed E-state index contributed by atoms with van der Waals surface area (Å²) in [7, 11) is 3.37. The van der Waals surface area contributed by atoms with Crippen LogP contribution in [0.2, 0.25) is 0 Å². The monoisotopic (exact) mass is 345 g/mol. The fraction of sp³-hybridized carbons (Fsp3) is 0.389. The number of nitrogens with one attached hydrogen (secondary N) is 1. The average Bonchev–Trinajstić information content (AvgIpc) is 2.92. The van der Waals surface area contributed by atoms with Crippen LogP contribution in [0.3, 0.4) is 0 Å². The van der Waals surface area contributed by atoms with E-state index in [1.807, 2.05) is 6.92 Å². The molecule has 1 aromatic carbocycles. The molecule has 0 aliphatic carbocycles. The summed E-state index contributed by atoms with van der Waals surface area (Å²) in [5, 5.41) is 16.4. The summed E-state index contributed by atoms with van der Waals surface area (Å²) in [6.07, 6.45) is 1.34. The minimum Gasteiger partial charge on any atom is -0.481 e. The third-order valence-electron chi connectivity index (χ3n) is 4.03. The topological polar surface area (TPSA) is 93.5 Å². The van der Waals surface area contributed by atoms with Gasteiger partial charge >= 0.3 is 5.97 Å². The number of aryl methyl sites for hydroxylation is 3. The third kappa shape index (κ3) is 4.37. The van der Waals surface area contributed by atoms with E-state index in [9.17, 15) is 14.7 Å². The Hall–Kier alpha value is -2.83. The van der Waals surface area contributed by atoms with E-state index in [1.54, 1.807) is 43.1 Å². The number of benzene rings is 1. The summed E-state index contributed by atoms with van der Waals surface area (Å²) in [6, 6.07) is 6.72. The molecule has 0 atom stereocenters. The second-order valence-electron chi connectivity index (χ2n) is 5.65. The van der Waals surface area contributed by atoms with Crippen LogP contribution in [0, 0.1) is 0 Å². The predicted octanol–water partition coefficient (Wildman–Crippen LogP) is 1.94. The summed E-state index contributed by atoms with van der Waals surface area (Å²) in [5.41, 5.74) is 2.64. The van der Waals surface area contributed by atoms with Crippen LogP contribution in [0.4, 0.5) is 0 Å². The van der Waals surface area contributed by atoms with Crippen LogP contribution in [-0.4, -0.2) is 33.9 Å². The van der Waals surface area contributed by atoms with Crippen molar-refractivity contribution in [1.29, 1.82) is 0 Å². The second-order valence-corrected chi connectivity index (χ2v) is 5.65. The minimum absolute atomic E-state index is 0.145. The zero-order valence-corrected chi connectivity index (χ0v) is 14.7. The molecule has 7 heteroatoms. The number of ether oxygens (including phenoxy) is 1. The molecule has 2 rings (SSSR count). The highest BCUT2D eigenvalue weighted by Crippen LogP contribution is 2.21. The Labute approximate surface area is 146 Å². The number of aromatic nitrogens is 2. The van der Waals surface area contributed by atoms with Crippen LogP contribution in [0.5, 0.6) is 5.88 Å². The van der Waals surface area contributed by atoms with Crippen LogP contribution in [-0.2, 0) is 31.2 Å². The molecule has 0 radical (unpaired) electrons. The molecule has 0 bridgehead atoms. The van der Waals surface area contributed by atoms with Crippen molar-refractivity contribution in [3.05, 3.63) is 46.6 Å². The molecule has 1 heterocycles. The molecular weight excluding hydrogens is 322 g/mol. The molecule has 0 saturated heterocycles. The van der Waals surface area contributed by atoms with Gasteiger partial charge in [-0.25, -0.2) is 9.48 Å². The molecule has 2 aromatic rings. The number of nitrogens with zero attached hydrogens (tertiary/aromatic N) is 2. The minimum atomic E-state index is -0.983. The molecule has 0 unspecified atom stereocenters. The van der Waals surface area contributed by atoms with Crippen molar-refractivity contribution in [1.82, 2.24) is 15.1 Å². The summed E-state index contributed by atoms with van der Waals surface area (Å²) in [4.78, 5) is 23.3. The third-order valence-corrected chi connectivity index (χ3v) is 4.03. The van der Waals surface area contributed by atoms with E-state index >= 15 is 0 Å². The molecule has 0 aliphatic rings. The van der Waals surface area contributed by atoms with Gasteiger partial charge < -0.3 is 15.2 Å². The first-order valence-corrected chi connectivity index (χ1v) is 8.14. The molecule has 2 N–H and O–H groups in total. The van der Waals surface area contributed by atoms with E-state index in [0.29, 0.717) is 24.4 Å². The van der Waals surface area contributed by atoms with Crippen LogP contribution in [0.15, 0.2) is 24.3 Å². The molecule has 7 nitrogen and oxygen atoms in total. The Kier molecular flexibility index (Phi) is 6.16. The Morgan fingerprint density at radius 2 is 2.04 bits per heavy atom. The van der Waals surface area contributed by atoms with Crippen molar-refractivity contribution in [3.63, 3.8) is 0 Å². The number of hydrogen-bond donors (Lipinski definition) is 2. The van der Waals surface area contributed by atoms with Gasteiger partial charge in [0.15, 0.2) is 0 Å². The van der Waals surface area contributed by atoms with E-state index < -0.39 is 5.97 Å². The van der Waals surface area contributed by atoms with Crippen molar-refractivity contribution in [2.45, 2.75) is 32.7 Å². The van der Waals surface area contributed by atoms with Gasteiger partial charge in [0.2, 0.25) is 11.8 Å². The number of methoxy groups -OCH3 is 1. The van der Waals surface area contributed by atoms with Crippen LogP contribution in [0.1, 0.15) is 40.5 Å². The van der Waals surface area contributed by atoms with E-state index in [4.69, 9.17) is 4.74 Å². The van der Waals surface area contributed by atoms with E-state index in [0.717, 1.165) is 17.7 Å². The van der Waals surface area contributed by atoms with Crippen molar-refractivity contribution < 1.29 is 19.4 Å². The summed E-state index contributed by atoms with van der Waals surface area (Å²) < 4.78 is 7.00. The maximum absolute atomic E-state index is 12.2. The first kappa shape index (κ1) is 18.5. The molecule has 1 amide bonds. The van der Waals surface area contributed by atoms with Gasteiger partial charge in [0, 0.05) is 20.0 Å². The van der Waals surface area contributed by atoms with Crippen molar-refractivity contribution in [3.8, 4) is 5.88 Å². The largest absolute Gasteiger partial charge is 0.481 e. The van der Waals surface area contributed by atoms with Gasteiger partial charge in [0.05, 0.1) is 23.9 Å². The highest BCUT2D eigenvalue weighted by Gasteiger charge is 2.16. The maximum atomic E-state index is 12.2. The number of hydrogen-bond acceptors (Lipinski definition) is 4. The standard InChI is InChI=1S/C18H23N3O4/c1-4-15-14(17(25-3)21(2)20-15)11-19-16(22)10-9-12-7-5-6-8-13(12)18(23)24/h5-8H,4,9-11H2,1-3H3,(H,19,22)(H,23,24). The zero-order valence-electron chi connectivity index (χ0n) is 14.7. The Bertz CT molecular complexity index is 768. The lowest BCUT2D eigenvalue weighted by molar-refractivity contribution is -0.121. The normalized spacial score (nSPS) is 10.5. The molecule has 0 spiro atoms. The van der Waals surface area contributed by atoms with Crippen molar-refractivity contribution in [2.24, 2.45) is 7.05 Å². The molecule has 0 saturated carbocycles. The fourth-order valence-electron chi connectivity index (χ4n) is 2.79. The molecule has 0 fully saturated rings. The van der Waals surface area contributed by atoms with Crippen LogP contribution >= 0.6 is 0 Å². The van der Waals surface area contributed by atoms with Crippen LogP contribution < -0.4 is 10.1 Å². The van der Waals surface area contributed by atoms with E-state index in [1.165, 1.54) is 0 Å². The SMILES string of the molecule is CCc1nn(C)c(OC)c1CNC(=O)CCc1ccccc1C(=O)O. The van der Waals surface area contributed by atoms with E-state index in [-0.39, 0.29) is 17.9 Å². The van der Waals surface area contributed by atoms with Crippen molar-refractivity contribution >= 4 is 11.9 Å². The average molecular weight is 345 g/mol. The van der Waals surface area contributed by atoms with Gasteiger partial charge in [0.25, 0.3) is 0 Å². The zero-order chi connectivity index (χ0) is 18.4. The first-order chi connectivity index (χ1) is 12.0. The Morgan fingerprint density at radius 1 is 1.32 bits per heavy atom. The van der Waals surface area contributed by atoms with Gasteiger partial charge in [-0.1, -0.05) is 25.1 Å². The summed E-state index contributed by atoms with van der Waals surface area (Å²) in [6.45, 7) is 2.33. The van der Waals surface area contributed by atoms with Crippen molar-refractivity contribution in [2.75, 3.05) is 7.11 Å².